The van der Waals surface area contributed by atoms with Gasteiger partial charge in [-0.1, -0.05) is 30.7 Å². The first kappa shape index (κ1) is 11.3. The molecule has 0 spiro atoms. The Labute approximate surface area is 89.4 Å². The molecular formula is C12H14ClF. The number of benzene rings is 1. The van der Waals surface area contributed by atoms with Gasteiger partial charge < -0.3 is 0 Å². The lowest BCUT2D eigenvalue weighted by Crippen LogP contribution is -1.86. The van der Waals surface area contributed by atoms with Gasteiger partial charge in [0.15, 0.2) is 0 Å². The van der Waals surface area contributed by atoms with Crippen LogP contribution in [0.4, 0.5) is 4.39 Å². The highest BCUT2D eigenvalue weighted by Crippen LogP contribution is 2.14. The van der Waals surface area contributed by atoms with Gasteiger partial charge in [0.25, 0.3) is 0 Å². The monoisotopic (exact) mass is 212 g/mol. The van der Waals surface area contributed by atoms with E-state index in [2.05, 4.69) is 0 Å². The molecule has 0 aromatic heterocycles. The molecule has 1 aromatic carbocycles. The molecule has 0 bridgehead atoms. The highest BCUT2D eigenvalue weighted by molar-refractivity contribution is 6.19. The Morgan fingerprint density at radius 1 is 1.50 bits per heavy atom. The van der Waals surface area contributed by atoms with Gasteiger partial charge in [-0.2, -0.15) is 0 Å². The van der Waals surface area contributed by atoms with Crippen LogP contribution >= 0.6 is 11.6 Å². The van der Waals surface area contributed by atoms with E-state index in [1.54, 1.807) is 13.0 Å². The third-order valence-electron chi connectivity index (χ3n) is 2.19. The number of allylic oxidation sites excluding steroid dienone is 1. The first-order chi connectivity index (χ1) is 6.67. The molecule has 0 aliphatic rings. The van der Waals surface area contributed by atoms with Crippen molar-refractivity contribution in [3.8, 4) is 0 Å². The summed E-state index contributed by atoms with van der Waals surface area (Å²) in [6.45, 7) is 3.80. The molecule has 0 radical (unpaired) electrons. The molecule has 0 nitrogen and oxygen atoms in total. The molecule has 0 unspecified atom stereocenters. The summed E-state index contributed by atoms with van der Waals surface area (Å²) < 4.78 is 13.2. The molecule has 0 fully saturated rings. The molecule has 0 saturated heterocycles. The number of halogens is 2. The lowest BCUT2D eigenvalue weighted by atomic mass is 10.1. The van der Waals surface area contributed by atoms with Crippen LogP contribution in [0.1, 0.15) is 24.5 Å². The molecule has 14 heavy (non-hydrogen) atoms. The minimum absolute atomic E-state index is 0.163. The maximum absolute atomic E-state index is 13.2. The van der Waals surface area contributed by atoms with Crippen LogP contribution in [0.2, 0.25) is 0 Å². The summed E-state index contributed by atoms with van der Waals surface area (Å²) >= 11 is 5.73. The van der Waals surface area contributed by atoms with E-state index in [9.17, 15) is 4.39 Å². The van der Waals surface area contributed by atoms with Gasteiger partial charge in [-0.3, -0.25) is 0 Å². The Morgan fingerprint density at radius 2 is 2.21 bits per heavy atom. The molecule has 0 heterocycles. The van der Waals surface area contributed by atoms with Gasteiger partial charge in [0, 0.05) is 5.88 Å². The van der Waals surface area contributed by atoms with Gasteiger partial charge in [-0.25, -0.2) is 4.39 Å². The first-order valence-corrected chi connectivity index (χ1v) is 5.22. The van der Waals surface area contributed by atoms with Gasteiger partial charge >= 0.3 is 0 Å². The highest BCUT2D eigenvalue weighted by Gasteiger charge is 1.98. The maximum Gasteiger partial charge on any atom is 0.126 e. The third-order valence-corrected chi connectivity index (χ3v) is 2.54. The van der Waals surface area contributed by atoms with E-state index in [0.29, 0.717) is 11.4 Å². The van der Waals surface area contributed by atoms with Crippen molar-refractivity contribution in [3.63, 3.8) is 0 Å². The predicted octanol–water partition coefficient (Wildman–Crippen LogP) is 4.17. The molecule has 0 aliphatic carbocycles. The average molecular weight is 213 g/mol. The molecule has 0 saturated carbocycles. The van der Waals surface area contributed by atoms with E-state index < -0.39 is 0 Å². The van der Waals surface area contributed by atoms with Crippen LogP contribution in [0.25, 0.3) is 6.08 Å². The van der Waals surface area contributed by atoms with Crippen LogP contribution in [0.3, 0.4) is 0 Å². The Kier molecular flexibility index (Phi) is 4.15. The Morgan fingerprint density at radius 3 is 2.71 bits per heavy atom. The largest absolute Gasteiger partial charge is 0.207 e. The number of hydrogen-bond donors (Lipinski definition) is 0. The molecule has 0 amide bonds. The quantitative estimate of drug-likeness (QED) is 0.660. The second-order valence-electron chi connectivity index (χ2n) is 3.30. The molecule has 0 N–H and O–H groups in total. The second kappa shape index (κ2) is 5.16. The highest BCUT2D eigenvalue weighted by atomic mass is 35.5. The minimum atomic E-state index is -0.163. The smallest absolute Gasteiger partial charge is 0.126 e. The fourth-order valence-corrected chi connectivity index (χ4v) is 1.44. The average Bonchev–Trinajstić information content (AvgIpc) is 2.19. The van der Waals surface area contributed by atoms with Crippen molar-refractivity contribution < 1.29 is 4.39 Å². The summed E-state index contributed by atoms with van der Waals surface area (Å²) in [6, 6.07) is 5.22. The summed E-state index contributed by atoms with van der Waals surface area (Å²) in [4.78, 5) is 0. The van der Waals surface area contributed by atoms with Crippen molar-refractivity contribution in [3.05, 3.63) is 40.7 Å². The van der Waals surface area contributed by atoms with Crippen LogP contribution in [0.15, 0.2) is 23.8 Å². The van der Waals surface area contributed by atoms with E-state index in [-0.39, 0.29) is 5.82 Å². The number of alkyl halides is 1. The zero-order valence-corrected chi connectivity index (χ0v) is 9.24. The van der Waals surface area contributed by atoms with Crippen molar-refractivity contribution >= 4 is 17.7 Å². The van der Waals surface area contributed by atoms with Gasteiger partial charge in [0.05, 0.1) is 0 Å². The van der Waals surface area contributed by atoms with Crippen LogP contribution < -0.4 is 0 Å². The summed E-state index contributed by atoms with van der Waals surface area (Å²) in [7, 11) is 0. The van der Waals surface area contributed by atoms with Crippen molar-refractivity contribution in [2.75, 3.05) is 5.88 Å². The van der Waals surface area contributed by atoms with Gasteiger partial charge in [0.2, 0.25) is 0 Å². The van der Waals surface area contributed by atoms with Crippen LogP contribution in [0, 0.1) is 12.7 Å². The number of hydrogen-bond acceptors (Lipinski definition) is 0. The SMILES string of the molecule is CC/C(=C/c1ccc(C)c(F)c1)CCl. The summed E-state index contributed by atoms with van der Waals surface area (Å²) in [5.74, 6) is 0.343. The molecule has 0 aliphatic heterocycles. The molecule has 2 heteroatoms. The first-order valence-electron chi connectivity index (χ1n) is 4.69. The van der Waals surface area contributed by atoms with Crippen LogP contribution in [-0.2, 0) is 0 Å². The third kappa shape index (κ3) is 2.85. The maximum atomic E-state index is 13.2. The summed E-state index contributed by atoms with van der Waals surface area (Å²) in [5, 5.41) is 0. The molecule has 1 aromatic rings. The molecule has 76 valence electrons. The number of rotatable bonds is 3. The normalized spacial score (nSPS) is 11.9. The van der Waals surface area contributed by atoms with Crippen LogP contribution in [0.5, 0.6) is 0 Å². The Bertz CT molecular complexity index is 336. The lowest BCUT2D eigenvalue weighted by Gasteiger charge is -2.01. The van der Waals surface area contributed by atoms with Crippen LogP contribution in [-0.4, -0.2) is 5.88 Å². The van der Waals surface area contributed by atoms with E-state index in [4.69, 9.17) is 11.6 Å². The van der Waals surface area contributed by atoms with Gasteiger partial charge in [0.1, 0.15) is 5.82 Å². The molecule has 1 rings (SSSR count). The predicted molar refractivity (Wildman–Crippen MR) is 60.1 cm³/mol. The minimum Gasteiger partial charge on any atom is -0.207 e. The Hall–Kier alpha value is -0.820. The lowest BCUT2D eigenvalue weighted by molar-refractivity contribution is 0.618. The van der Waals surface area contributed by atoms with Crippen molar-refractivity contribution in [1.82, 2.24) is 0 Å². The standard InChI is InChI=1S/C12H14ClF/c1-3-10(8-13)6-11-5-4-9(2)12(14)7-11/h4-7H,3,8H2,1-2H3/b10-6-. The van der Waals surface area contributed by atoms with E-state index in [1.165, 1.54) is 6.07 Å². The number of aryl methyl sites for hydroxylation is 1. The summed E-state index contributed by atoms with van der Waals surface area (Å²) in [5.41, 5.74) is 2.67. The van der Waals surface area contributed by atoms with Gasteiger partial charge in [-0.15, -0.1) is 11.6 Å². The zero-order valence-electron chi connectivity index (χ0n) is 8.48. The van der Waals surface area contributed by atoms with Crippen molar-refractivity contribution in [2.45, 2.75) is 20.3 Å². The fourth-order valence-electron chi connectivity index (χ4n) is 1.17. The molecular weight excluding hydrogens is 199 g/mol. The topological polar surface area (TPSA) is 0 Å². The van der Waals surface area contributed by atoms with E-state index in [0.717, 1.165) is 17.6 Å². The van der Waals surface area contributed by atoms with Crippen molar-refractivity contribution in [2.24, 2.45) is 0 Å². The molecule has 0 atom stereocenters. The van der Waals surface area contributed by atoms with E-state index >= 15 is 0 Å². The second-order valence-corrected chi connectivity index (χ2v) is 3.57. The Balaban J connectivity index is 2.97. The van der Waals surface area contributed by atoms with E-state index in [1.807, 2.05) is 19.1 Å². The van der Waals surface area contributed by atoms with Gasteiger partial charge in [-0.05, 0) is 30.5 Å². The zero-order chi connectivity index (χ0) is 10.6. The summed E-state index contributed by atoms with van der Waals surface area (Å²) in [6.07, 6.45) is 2.84. The van der Waals surface area contributed by atoms with Crippen molar-refractivity contribution in [1.29, 1.82) is 0 Å². The fraction of sp³-hybridized carbons (Fsp3) is 0.333.